The highest BCUT2D eigenvalue weighted by Crippen LogP contribution is 2.31. The Morgan fingerprint density at radius 2 is 1.83 bits per heavy atom. The van der Waals surface area contributed by atoms with Gasteiger partial charge in [0.1, 0.15) is 10.4 Å². The van der Waals surface area contributed by atoms with E-state index in [1.165, 1.54) is 29.6 Å². The Labute approximate surface area is 175 Å². The van der Waals surface area contributed by atoms with Crippen molar-refractivity contribution >= 4 is 33.5 Å². The number of rotatable bonds is 5. The van der Waals surface area contributed by atoms with E-state index in [2.05, 4.69) is 5.32 Å². The van der Waals surface area contributed by atoms with Gasteiger partial charge < -0.3 is 14.8 Å². The second kappa shape index (κ2) is 8.99. The predicted octanol–water partition coefficient (Wildman–Crippen LogP) is 1.97. The number of morpholine rings is 1. The number of hydrogen-bond acceptors (Lipinski definition) is 6. The van der Waals surface area contributed by atoms with Gasteiger partial charge in [0.05, 0.1) is 25.3 Å². The number of nitrogens with one attached hydrogen (secondary N) is 1. The van der Waals surface area contributed by atoms with Crippen LogP contribution >= 0.6 is 11.6 Å². The van der Waals surface area contributed by atoms with Gasteiger partial charge in [0.25, 0.3) is 5.91 Å². The summed E-state index contributed by atoms with van der Waals surface area (Å²) in [4.78, 5) is 25.2. The topological polar surface area (TPSA) is 102 Å². The van der Waals surface area contributed by atoms with Crippen molar-refractivity contribution in [3.63, 3.8) is 0 Å². The van der Waals surface area contributed by atoms with Gasteiger partial charge in [-0.3, -0.25) is 4.79 Å². The molecule has 0 radical (unpaired) electrons. The highest BCUT2D eigenvalue weighted by molar-refractivity contribution is 7.89. The third-order valence-corrected chi connectivity index (χ3v) is 7.80. The van der Waals surface area contributed by atoms with Crippen LogP contribution in [0.25, 0.3) is 0 Å². The third kappa shape index (κ3) is 4.58. The van der Waals surface area contributed by atoms with Crippen molar-refractivity contribution in [3.8, 4) is 0 Å². The lowest BCUT2D eigenvalue weighted by Gasteiger charge is -2.35. The molecule has 1 aromatic rings. The highest BCUT2D eigenvalue weighted by Gasteiger charge is 2.42. The number of sulfonamides is 1. The first-order valence-corrected chi connectivity index (χ1v) is 11.4. The van der Waals surface area contributed by atoms with Crippen LogP contribution < -0.4 is 5.32 Å². The van der Waals surface area contributed by atoms with Crippen LogP contribution in [0.2, 0.25) is 5.02 Å². The van der Waals surface area contributed by atoms with Crippen LogP contribution in [0.1, 0.15) is 42.5 Å². The molecule has 29 heavy (non-hydrogen) atoms. The van der Waals surface area contributed by atoms with E-state index >= 15 is 0 Å². The quantitative estimate of drug-likeness (QED) is 0.696. The minimum absolute atomic E-state index is 0.0355. The number of amides is 1. The van der Waals surface area contributed by atoms with E-state index in [9.17, 15) is 18.0 Å². The van der Waals surface area contributed by atoms with Crippen molar-refractivity contribution in [2.75, 3.05) is 33.4 Å². The highest BCUT2D eigenvalue weighted by atomic mass is 35.5. The molecule has 0 aromatic heterocycles. The molecule has 0 bridgehead atoms. The summed E-state index contributed by atoms with van der Waals surface area (Å²) in [7, 11) is -2.58. The number of nitrogens with zero attached hydrogens (tertiary/aromatic N) is 1. The number of hydrogen-bond donors (Lipinski definition) is 1. The van der Waals surface area contributed by atoms with Crippen LogP contribution in [0, 0.1) is 0 Å². The van der Waals surface area contributed by atoms with Crippen LogP contribution in [0.5, 0.6) is 0 Å². The summed E-state index contributed by atoms with van der Waals surface area (Å²) in [5.41, 5.74) is -0.970. The van der Waals surface area contributed by atoms with E-state index in [4.69, 9.17) is 21.1 Å². The summed E-state index contributed by atoms with van der Waals surface area (Å²) in [6.45, 7) is 1.05. The largest absolute Gasteiger partial charge is 0.467 e. The molecule has 8 nitrogen and oxygen atoms in total. The van der Waals surface area contributed by atoms with Gasteiger partial charge in [0, 0.05) is 18.7 Å². The smallest absolute Gasteiger partial charge is 0.331 e. The van der Waals surface area contributed by atoms with Gasteiger partial charge in [-0.1, -0.05) is 30.9 Å². The first-order chi connectivity index (χ1) is 13.8. The van der Waals surface area contributed by atoms with E-state index in [0.29, 0.717) is 26.1 Å². The van der Waals surface area contributed by atoms with Gasteiger partial charge >= 0.3 is 5.97 Å². The average molecular weight is 445 g/mol. The van der Waals surface area contributed by atoms with E-state index in [1.807, 2.05) is 0 Å². The van der Waals surface area contributed by atoms with Crippen LogP contribution in [0.3, 0.4) is 0 Å². The van der Waals surface area contributed by atoms with Crippen molar-refractivity contribution in [3.05, 3.63) is 28.8 Å². The Morgan fingerprint density at radius 3 is 2.45 bits per heavy atom. The fourth-order valence-corrected chi connectivity index (χ4v) is 5.70. The molecule has 2 fully saturated rings. The number of esters is 1. The number of halogens is 1. The van der Waals surface area contributed by atoms with Crippen molar-refractivity contribution < 1.29 is 27.5 Å². The first kappa shape index (κ1) is 22.0. The van der Waals surface area contributed by atoms with E-state index in [-0.39, 0.29) is 28.6 Å². The number of carbonyl (C=O) groups excluding carboxylic acids is 2. The monoisotopic (exact) mass is 444 g/mol. The second-order valence-electron chi connectivity index (χ2n) is 7.25. The van der Waals surface area contributed by atoms with Crippen LogP contribution in [0.4, 0.5) is 0 Å². The van der Waals surface area contributed by atoms with Gasteiger partial charge in [0.2, 0.25) is 10.0 Å². The zero-order chi connectivity index (χ0) is 21.1. The molecule has 1 aliphatic heterocycles. The summed E-state index contributed by atoms with van der Waals surface area (Å²) in [5.74, 6) is -1.02. The number of ether oxygens (including phenoxy) is 2. The molecule has 1 heterocycles. The average Bonchev–Trinajstić information content (AvgIpc) is 2.74. The van der Waals surface area contributed by atoms with Crippen molar-refractivity contribution in [1.82, 2.24) is 9.62 Å². The fourth-order valence-electron chi connectivity index (χ4n) is 3.79. The summed E-state index contributed by atoms with van der Waals surface area (Å²) < 4.78 is 37.4. The van der Waals surface area contributed by atoms with Crippen LogP contribution in [0.15, 0.2) is 23.1 Å². The van der Waals surface area contributed by atoms with Gasteiger partial charge in [-0.2, -0.15) is 4.31 Å². The molecule has 3 rings (SSSR count). The molecule has 1 aromatic carbocycles. The van der Waals surface area contributed by atoms with E-state index in [1.54, 1.807) is 0 Å². The Hall–Kier alpha value is -1.68. The summed E-state index contributed by atoms with van der Waals surface area (Å²) in [6.07, 6.45) is 3.55. The minimum atomic E-state index is -3.87. The van der Waals surface area contributed by atoms with Crippen LogP contribution in [-0.2, 0) is 24.3 Å². The zero-order valence-electron chi connectivity index (χ0n) is 16.3. The lowest BCUT2D eigenvalue weighted by molar-refractivity contribution is -0.149. The van der Waals surface area contributed by atoms with Gasteiger partial charge in [-0.15, -0.1) is 0 Å². The molecule has 0 atom stereocenters. The minimum Gasteiger partial charge on any atom is -0.467 e. The summed E-state index contributed by atoms with van der Waals surface area (Å²) in [5, 5.41) is 2.83. The van der Waals surface area contributed by atoms with Crippen molar-refractivity contribution in [2.45, 2.75) is 42.5 Å². The van der Waals surface area contributed by atoms with Crippen molar-refractivity contribution in [2.24, 2.45) is 0 Å². The maximum atomic E-state index is 13.0. The molecule has 0 spiro atoms. The number of methoxy groups -OCH3 is 1. The lowest BCUT2D eigenvalue weighted by Crippen LogP contribution is -2.56. The molecule has 1 amide bonds. The predicted molar refractivity (Wildman–Crippen MR) is 106 cm³/mol. The Balaban J connectivity index is 1.88. The standard InChI is InChI=1S/C19H25ClN2O6S/c1-27-18(24)19(7-3-2-4-8-19)21-17(23)14-5-6-15(20)16(13-14)29(25,26)22-9-11-28-12-10-22/h5-6,13H,2-4,7-12H2,1H3,(H,21,23). The molecule has 1 N–H and O–H groups in total. The lowest BCUT2D eigenvalue weighted by atomic mass is 9.81. The maximum absolute atomic E-state index is 13.0. The Kier molecular flexibility index (Phi) is 6.83. The molecule has 10 heteroatoms. The van der Waals surface area contributed by atoms with Gasteiger partial charge in [-0.25, -0.2) is 13.2 Å². The second-order valence-corrected chi connectivity index (χ2v) is 9.56. The molecule has 1 aliphatic carbocycles. The third-order valence-electron chi connectivity index (χ3n) is 5.42. The molecule has 2 aliphatic rings. The van der Waals surface area contributed by atoms with Gasteiger partial charge in [-0.05, 0) is 31.0 Å². The molecule has 1 saturated carbocycles. The molecule has 160 valence electrons. The SMILES string of the molecule is COC(=O)C1(NC(=O)c2ccc(Cl)c(S(=O)(=O)N3CCOCC3)c2)CCCCC1. The molecule has 1 saturated heterocycles. The van der Waals surface area contributed by atoms with Crippen LogP contribution in [-0.4, -0.2) is 63.6 Å². The molecular formula is C19H25ClN2O6S. The fraction of sp³-hybridized carbons (Fsp3) is 0.579. The zero-order valence-corrected chi connectivity index (χ0v) is 17.9. The van der Waals surface area contributed by atoms with Crippen molar-refractivity contribution in [1.29, 1.82) is 0 Å². The van der Waals surface area contributed by atoms with Gasteiger partial charge in [0.15, 0.2) is 0 Å². The normalized spacial score (nSPS) is 20.1. The van der Waals surface area contributed by atoms with E-state index in [0.717, 1.165) is 19.3 Å². The number of carbonyl (C=O) groups is 2. The summed E-state index contributed by atoms with van der Waals surface area (Å²) in [6, 6.07) is 4.09. The Bertz CT molecular complexity index is 877. The maximum Gasteiger partial charge on any atom is 0.331 e. The molecular weight excluding hydrogens is 420 g/mol. The Morgan fingerprint density at radius 1 is 1.17 bits per heavy atom. The number of benzene rings is 1. The first-order valence-electron chi connectivity index (χ1n) is 9.58. The summed E-state index contributed by atoms with van der Waals surface area (Å²) >= 11 is 6.15. The van der Waals surface area contributed by atoms with E-state index < -0.39 is 27.4 Å². The molecule has 0 unspecified atom stereocenters.